The summed E-state index contributed by atoms with van der Waals surface area (Å²) >= 11 is 0. The molecular weight excluding hydrogens is 221 g/mol. The van der Waals surface area contributed by atoms with Crippen LogP contribution in [0.5, 0.6) is 0 Å². The zero-order chi connectivity index (χ0) is 12.8. The minimum Gasteiger partial charge on any atom is -0.394 e. The Bertz CT molecular complexity index is 379. The number of nitrogens with one attached hydrogen (secondary N) is 1. The number of aliphatic hydroxyl groups is 1. The van der Waals surface area contributed by atoms with Crippen LogP contribution >= 0.6 is 0 Å². The van der Waals surface area contributed by atoms with E-state index in [4.69, 9.17) is 5.11 Å². The van der Waals surface area contributed by atoms with Crippen LogP contribution in [0.2, 0.25) is 0 Å². The van der Waals surface area contributed by atoms with E-state index in [2.05, 4.69) is 5.32 Å². The minimum atomic E-state index is -0.382. The molecule has 0 bridgehead atoms. The van der Waals surface area contributed by atoms with Crippen LogP contribution in [0.25, 0.3) is 0 Å². The van der Waals surface area contributed by atoms with Crippen molar-refractivity contribution in [1.82, 2.24) is 5.32 Å². The van der Waals surface area contributed by atoms with Crippen molar-refractivity contribution in [1.29, 1.82) is 0 Å². The number of rotatable bonds is 5. The summed E-state index contributed by atoms with van der Waals surface area (Å²) in [6, 6.07) is 5.90. The standard InChI is InChI=1S/C13H18FNO2/c1-9(2)12(8-16)15-13(17)7-10-5-3-4-6-11(10)14/h3-6,9,12,16H,7-8H2,1-2H3,(H,15,17). The Morgan fingerprint density at radius 2 is 2.06 bits per heavy atom. The van der Waals surface area contributed by atoms with Gasteiger partial charge in [0, 0.05) is 0 Å². The summed E-state index contributed by atoms with van der Waals surface area (Å²) in [5.41, 5.74) is 0.366. The SMILES string of the molecule is CC(C)C(CO)NC(=O)Cc1ccccc1F. The first kappa shape index (κ1) is 13.6. The molecule has 0 aliphatic rings. The average Bonchev–Trinajstić information content (AvgIpc) is 2.28. The molecule has 0 fully saturated rings. The lowest BCUT2D eigenvalue weighted by Crippen LogP contribution is -2.41. The van der Waals surface area contributed by atoms with Gasteiger partial charge in [0.15, 0.2) is 0 Å². The summed E-state index contributed by atoms with van der Waals surface area (Å²) < 4.78 is 13.3. The number of aliphatic hydroxyl groups excluding tert-OH is 1. The first-order valence-electron chi connectivity index (χ1n) is 5.68. The highest BCUT2D eigenvalue weighted by Crippen LogP contribution is 2.08. The smallest absolute Gasteiger partial charge is 0.224 e. The number of hydrogen-bond donors (Lipinski definition) is 2. The van der Waals surface area contributed by atoms with E-state index in [1.54, 1.807) is 18.2 Å². The van der Waals surface area contributed by atoms with Gasteiger partial charge in [-0.15, -0.1) is 0 Å². The van der Waals surface area contributed by atoms with Crippen molar-refractivity contribution in [3.63, 3.8) is 0 Å². The summed E-state index contributed by atoms with van der Waals surface area (Å²) in [7, 11) is 0. The molecule has 0 heterocycles. The summed E-state index contributed by atoms with van der Waals surface area (Å²) in [6.07, 6.45) is -0.00407. The number of amides is 1. The fraction of sp³-hybridized carbons (Fsp3) is 0.462. The molecule has 1 unspecified atom stereocenters. The predicted octanol–water partition coefficient (Wildman–Crippen LogP) is 1.50. The fourth-order valence-corrected chi connectivity index (χ4v) is 1.50. The molecule has 0 aliphatic heterocycles. The van der Waals surface area contributed by atoms with E-state index in [-0.39, 0.29) is 36.7 Å². The summed E-state index contributed by atoms with van der Waals surface area (Å²) in [4.78, 5) is 11.6. The monoisotopic (exact) mass is 239 g/mol. The van der Waals surface area contributed by atoms with E-state index in [0.29, 0.717) is 5.56 Å². The second-order valence-electron chi connectivity index (χ2n) is 4.37. The van der Waals surface area contributed by atoms with Gasteiger partial charge in [-0.25, -0.2) is 4.39 Å². The summed E-state index contributed by atoms with van der Waals surface area (Å²) in [5.74, 6) is -0.514. The van der Waals surface area contributed by atoms with E-state index in [9.17, 15) is 9.18 Å². The molecule has 1 aromatic carbocycles. The third-order valence-corrected chi connectivity index (χ3v) is 2.66. The Morgan fingerprint density at radius 3 is 2.59 bits per heavy atom. The predicted molar refractivity (Wildman–Crippen MR) is 64.0 cm³/mol. The van der Waals surface area contributed by atoms with Crippen molar-refractivity contribution in [3.05, 3.63) is 35.6 Å². The highest BCUT2D eigenvalue weighted by Gasteiger charge is 2.15. The van der Waals surface area contributed by atoms with Crippen molar-refractivity contribution < 1.29 is 14.3 Å². The minimum absolute atomic E-state index is 0.00407. The fourth-order valence-electron chi connectivity index (χ4n) is 1.50. The highest BCUT2D eigenvalue weighted by atomic mass is 19.1. The molecular formula is C13H18FNO2. The third-order valence-electron chi connectivity index (χ3n) is 2.66. The van der Waals surface area contributed by atoms with Crippen LogP contribution in [-0.2, 0) is 11.2 Å². The van der Waals surface area contributed by atoms with Crippen molar-refractivity contribution >= 4 is 5.91 Å². The normalized spacial score (nSPS) is 12.5. The second-order valence-corrected chi connectivity index (χ2v) is 4.37. The lowest BCUT2D eigenvalue weighted by atomic mass is 10.0. The van der Waals surface area contributed by atoms with E-state index in [1.165, 1.54) is 6.07 Å². The van der Waals surface area contributed by atoms with Crippen molar-refractivity contribution in [3.8, 4) is 0 Å². The number of carbonyl (C=O) groups is 1. The Morgan fingerprint density at radius 1 is 1.41 bits per heavy atom. The molecule has 0 saturated carbocycles. The van der Waals surface area contributed by atoms with E-state index < -0.39 is 0 Å². The van der Waals surface area contributed by atoms with Gasteiger partial charge in [0.2, 0.25) is 5.91 Å². The van der Waals surface area contributed by atoms with Crippen LogP contribution in [0.15, 0.2) is 24.3 Å². The van der Waals surface area contributed by atoms with Crippen LogP contribution in [-0.4, -0.2) is 23.7 Å². The highest BCUT2D eigenvalue weighted by molar-refractivity contribution is 5.78. The van der Waals surface area contributed by atoms with Crippen molar-refractivity contribution in [2.75, 3.05) is 6.61 Å². The average molecular weight is 239 g/mol. The number of carbonyl (C=O) groups excluding carboxylic acids is 1. The van der Waals surface area contributed by atoms with Crippen LogP contribution < -0.4 is 5.32 Å². The molecule has 1 atom stereocenters. The molecule has 0 aromatic heterocycles. The molecule has 1 amide bonds. The summed E-state index contributed by atoms with van der Waals surface area (Å²) in [5, 5.41) is 11.8. The Labute approximate surface area is 101 Å². The zero-order valence-corrected chi connectivity index (χ0v) is 10.1. The molecule has 1 rings (SSSR count). The largest absolute Gasteiger partial charge is 0.394 e. The van der Waals surface area contributed by atoms with Crippen molar-refractivity contribution in [2.24, 2.45) is 5.92 Å². The van der Waals surface area contributed by atoms with Crippen LogP contribution in [0.1, 0.15) is 19.4 Å². The maximum atomic E-state index is 13.3. The first-order chi connectivity index (χ1) is 8.04. The Hall–Kier alpha value is -1.42. The van der Waals surface area contributed by atoms with Crippen LogP contribution in [0.3, 0.4) is 0 Å². The van der Waals surface area contributed by atoms with Gasteiger partial charge >= 0.3 is 0 Å². The van der Waals surface area contributed by atoms with E-state index >= 15 is 0 Å². The van der Waals surface area contributed by atoms with Crippen LogP contribution in [0.4, 0.5) is 4.39 Å². The number of halogens is 1. The van der Waals surface area contributed by atoms with Crippen LogP contribution in [0, 0.1) is 11.7 Å². The van der Waals surface area contributed by atoms with E-state index in [0.717, 1.165) is 0 Å². The molecule has 0 radical (unpaired) electrons. The molecule has 2 N–H and O–H groups in total. The molecule has 1 aromatic rings. The molecule has 0 spiro atoms. The van der Waals surface area contributed by atoms with Gasteiger partial charge < -0.3 is 10.4 Å². The molecule has 0 saturated heterocycles. The maximum Gasteiger partial charge on any atom is 0.224 e. The summed E-state index contributed by atoms with van der Waals surface area (Å²) in [6.45, 7) is 3.70. The molecule has 4 heteroatoms. The Balaban J connectivity index is 2.58. The van der Waals surface area contributed by atoms with Gasteiger partial charge in [-0.2, -0.15) is 0 Å². The lowest BCUT2D eigenvalue weighted by Gasteiger charge is -2.19. The Kier molecular flexibility index (Phi) is 5.10. The lowest BCUT2D eigenvalue weighted by molar-refractivity contribution is -0.121. The second kappa shape index (κ2) is 6.35. The van der Waals surface area contributed by atoms with Gasteiger partial charge in [-0.05, 0) is 17.5 Å². The molecule has 17 heavy (non-hydrogen) atoms. The third kappa shape index (κ3) is 4.15. The molecule has 94 valence electrons. The van der Waals surface area contributed by atoms with Gasteiger partial charge in [-0.1, -0.05) is 32.0 Å². The van der Waals surface area contributed by atoms with Gasteiger partial charge in [0.05, 0.1) is 19.1 Å². The maximum absolute atomic E-state index is 13.3. The molecule has 0 aliphatic carbocycles. The molecule has 3 nitrogen and oxygen atoms in total. The first-order valence-corrected chi connectivity index (χ1v) is 5.68. The topological polar surface area (TPSA) is 49.3 Å². The van der Waals surface area contributed by atoms with E-state index in [1.807, 2.05) is 13.8 Å². The number of hydrogen-bond acceptors (Lipinski definition) is 2. The van der Waals surface area contributed by atoms with Crippen molar-refractivity contribution in [2.45, 2.75) is 26.3 Å². The van der Waals surface area contributed by atoms with Gasteiger partial charge in [0.25, 0.3) is 0 Å². The quantitative estimate of drug-likeness (QED) is 0.818. The van der Waals surface area contributed by atoms with Gasteiger partial charge in [-0.3, -0.25) is 4.79 Å². The zero-order valence-electron chi connectivity index (χ0n) is 10.1. The number of benzene rings is 1. The van der Waals surface area contributed by atoms with Gasteiger partial charge in [0.1, 0.15) is 5.82 Å².